The molecular weight excluding hydrogens is 298 g/mol. The van der Waals surface area contributed by atoms with Crippen molar-refractivity contribution in [2.75, 3.05) is 0 Å². The van der Waals surface area contributed by atoms with Crippen LogP contribution in [0, 0.1) is 28.6 Å². The molecule has 23 heavy (non-hydrogen) atoms. The zero-order valence-corrected chi connectivity index (χ0v) is 13.4. The number of hydrogen-bond acceptors (Lipinski definition) is 4. The second-order valence-electron chi connectivity index (χ2n) is 8.16. The van der Waals surface area contributed by atoms with E-state index in [1.54, 1.807) is 0 Å². The lowest BCUT2D eigenvalue weighted by molar-refractivity contribution is -0.188. The van der Waals surface area contributed by atoms with Gasteiger partial charge in [-0.2, -0.15) is 0 Å². The van der Waals surface area contributed by atoms with Gasteiger partial charge in [-0.25, -0.2) is 4.79 Å². The molecule has 4 aliphatic carbocycles. The predicted molar refractivity (Wildman–Crippen MR) is 78.9 cm³/mol. The summed E-state index contributed by atoms with van der Waals surface area (Å²) in [6.07, 6.45) is 5.87. The van der Waals surface area contributed by atoms with Crippen LogP contribution in [-0.4, -0.2) is 28.1 Å². The normalized spacial score (nSPS) is 44.9. The number of carboxylic acid groups (broad SMARTS) is 1. The number of nitrogens with zero attached hydrogens (tertiary/aromatic N) is 1. The topological polar surface area (TPSA) is 83.9 Å². The van der Waals surface area contributed by atoms with E-state index in [1.165, 1.54) is 19.3 Å². The second kappa shape index (κ2) is 4.71. The van der Waals surface area contributed by atoms with Crippen molar-refractivity contribution in [1.82, 2.24) is 5.06 Å². The summed E-state index contributed by atoms with van der Waals surface area (Å²) in [7, 11) is 0. The first-order valence-electron chi connectivity index (χ1n) is 8.67. The standard InChI is InChI=1S/C17H23NO5/c1-2-17(9-13(19)18(14(17)20)23-15(21)22)16-6-10-3-11(7-16)5-12(4-10)8-16/h10-12H,2-9H2,1H3,(H,21,22). The molecule has 1 atom stereocenters. The van der Waals surface area contributed by atoms with Crippen molar-refractivity contribution in [1.29, 1.82) is 0 Å². The molecule has 0 radical (unpaired) electrons. The summed E-state index contributed by atoms with van der Waals surface area (Å²) in [5.74, 6) is 1.08. The van der Waals surface area contributed by atoms with Crippen LogP contribution >= 0.6 is 0 Å². The van der Waals surface area contributed by atoms with Gasteiger partial charge in [0.25, 0.3) is 11.8 Å². The molecule has 2 amide bonds. The Kier molecular flexibility index (Phi) is 3.06. The van der Waals surface area contributed by atoms with Gasteiger partial charge in [-0.15, -0.1) is 0 Å². The van der Waals surface area contributed by atoms with Gasteiger partial charge >= 0.3 is 6.16 Å². The maximum absolute atomic E-state index is 13.0. The van der Waals surface area contributed by atoms with Gasteiger partial charge in [-0.05, 0) is 68.1 Å². The Balaban J connectivity index is 1.72. The molecule has 0 aromatic carbocycles. The van der Waals surface area contributed by atoms with Crippen molar-refractivity contribution in [3.05, 3.63) is 0 Å². The molecule has 126 valence electrons. The average Bonchev–Trinajstić information content (AvgIpc) is 2.71. The van der Waals surface area contributed by atoms with Crippen LogP contribution < -0.4 is 0 Å². The van der Waals surface area contributed by atoms with E-state index in [0.717, 1.165) is 19.3 Å². The van der Waals surface area contributed by atoms with Crippen LogP contribution in [0.2, 0.25) is 0 Å². The summed E-state index contributed by atoms with van der Waals surface area (Å²) in [5, 5.41) is 9.34. The Hall–Kier alpha value is -1.59. The fourth-order valence-corrected chi connectivity index (χ4v) is 6.65. The van der Waals surface area contributed by atoms with E-state index in [4.69, 9.17) is 5.11 Å². The van der Waals surface area contributed by atoms with Crippen LogP contribution in [0.4, 0.5) is 4.79 Å². The first-order chi connectivity index (χ1) is 10.9. The third kappa shape index (κ3) is 1.90. The summed E-state index contributed by atoms with van der Waals surface area (Å²) >= 11 is 0. The monoisotopic (exact) mass is 321 g/mol. The molecule has 1 N–H and O–H groups in total. The molecule has 6 nitrogen and oxygen atoms in total. The Labute approximate surface area is 135 Å². The number of rotatable bonds is 3. The quantitative estimate of drug-likeness (QED) is 0.808. The molecular formula is C17H23NO5. The van der Waals surface area contributed by atoms with E-state index < -0.39 is 23.4 Å². The maximum atomic E-state index is 13.0. The number of carbonyl (C=O) groups is 3. The van der Waals surface area contributed by atoms with E-state index in [2.05, 4.69) is 4.84 Å². The molecule has 1 saturated heterocycles. The molecule has 1 heterocycles. The van der Waals surface area contributed by atoms with E-state index in [1.807, 2.05) is 6.92 Å². The van der Waals surface area contributed by atoms with E-state index in [9.17, 15) is 14.4 Å². The van der Waals surface area contributed by atoms with Gasteiger partial charge in [0.15, 0.2) is 0 Å². The van der Waals surface area contributed by atoms with Crippen LogP contribution in [-0.2, 0) is 14.4 Å². The van der Waals surface area contributed by atoms with Crippen LogP contribution in [0.1, 0.15) is 58.3 Å². The molecule has 4 bridgehead atoms. The summed E-state index contributed by atoms with van der Waals surface area (Å²) in [4.78, 5) is 40.7. The Morgan fingerprint density at radius 1 is 1.17 bits per heavy atom. The Morgan fingerprint density at radius 2 is 1.70 bits per heavy atom. The lowest BCUT2D eigenvalue weighted by Crippen LogP contribution is -2.57. The molecule has 6 heteroatoms. The molecule has 0 spiro atoms. The van der Waals surface area contributed by atoms with Gasteiger partial charge < -0.3 is 5.11 Å². The minimum Gasteiger partial charge on any atom is -0.448 e. The molecule has 5 aliphatic rings. The van der Waals surface area contributed by atoms with Crippen molar-refractivity contribution in [2.24, 2.45) is 28.6 Å². The van der Waals surface area contributed by atoms with Crippen LogP contribution in [0.5, 0.6) is 0 Å². The summed E-state index contributed by atoms with van der Waals surface area (Å²) in [5.41, 5.74) is -0.907. The van der Waals surface area contributed by atoms with E-state index in [0.29, 0.717) is 29.2 Å². The van der Waals surface area contributed by atoms with Crippen molar-refractivity contribution in [2.45, 2.75) is 58.3 Å². The molecule has 5 rings (SSSR count). The number of hydroxylamine groups is 2. The molecule has 1 aliphatic heterocycles. The number of hydrogen-bond donors (Lipinski definition) is 1. The smallest absolute Gasteiger partial charge is 0.448 e. The first kappa shape index (κ1) is 15.0. The van der Waals surface area contributed by atoms with Crippen molar-refractivity contribution in [3.63, 3.8) is 0 Å². The Morgan fingerprint density at radius 3 is 2.13 bits per heavy atom. The lowest BCUT2D eigenvalue weighted by atomic mass is 9.42. The minimum absolute atomic E-state index is 0.0990. The molecule has 5 fully saturated rings. The van der Waals surface area contributed by atoms with Crippen LogP contribution in [0.15, 0.2) is 0 Å². The second-order valence-corrected chi connectivity index (χ2v) is 8.16. The summed E-state index contributed by atoms with van der Waals surface area (Å²) < 4.78 is 0. The van der Waals surface area contributed by atoms with Crippen LogP contribution in [0.3, 0.4) is 0 Å². The van der Waals surface area contributed by atoms with Gasteiger partial charge in [-0.1, -0.05) is 12.0 Å². The van der Waals surface area contributed by atoms with Gasteiger partial charge in [0.05, 0.1) is 5.41 Å². The van der Waals surface area contributed by atoms with Crippen molar-refractivity contribution in [3.8, 4) is 0 Å². The molecule has 4 saturated carbocycles. The number of amides is 2. The van der Waals surface area contributed by atoms with Crippen molar-refractivity contribution >= 4 is 18.0 Å². The molecule has 1 unspecified atom stereocenters. The summed E-state index contributed by atoms with van der Waals surface area (Å²) in [6.45, 7) is 1.95. The third-order valence-electron chi connectivity index (χ3n) is 7.10. The van der Waals surface area contributed by atoms with Gasteiger partial charge in [-0.3, -0.25) is 14.4 Å². The number of carbonyl (C=O) groups excluding carboxylic acids is 2. The molecule has 0 aromatic heterocycles. The van der Waals surface area contributed by atoms with Gasteiger partial charge in [0, 0.05) is 6.42 Å². The number of imide groups is 1. The highest BCUT2D eigenvalue weighted by molar-refractivity contribution is 6.05. The highest BCUT2D eigenvalue weighted by atomic mass is 16.8. The van der Waals surface area contributed by atoms with Crippen LogP contribution in [0.25, 0.3) is 0 Å². The SMILES string of the molecule is CCC1(C23CC4CC(CC(C4)C2)C3)CC(=O)N(OC(=O)O)C1=O. The third-order valence-corrected chi connectivity index (χ3v) is 7.10. The van der Waals surface area contributed by atoms with E-state index >= 15 is 0 Å². The average molecular weight is 321 g/mol. The maximum Gasteiger partial charge on any atom is 0.531 e. The fraction of sp³-hybridized carbons (Fsp3) is 0.824. The van der Waals surface area contributed by atoms with Crippen molar-refractivity contribution < 1.29 is 24.3 Å². The van der Waals surface area contributed by atoms with E-state index in [-0.39, 0.29) is 11.8 Å². The highest BCUT2D eigenvalue weighted by Gasteiger charge is 2.67. The first-order valence-corrected chi connectivity index (χ1v) is 8.67. The minimum atomic E-state index is -1.61. The van der Waals surface area contributed by atoms with Gasteiger partial charge in [0.1, 0.15) is 0 Å². The zero-order valence-electron chi connectivity index (χ0n) is 13.4. The largest absolute Gasteiger partial charge is 0.531 e. The summed E-state index contributed by atoms with van der Waals surface area (Å²) in [6, 6.07) is 0. The van der Waals surface area contributed by atoms with Gasteiger partial charge in [0.2, 0.25) is 0 Å². The predicted octanol–water partition coefficient (Wildman–Crippen LogP) is 2.97. The fourth-order valence-electron chi connectivity index (χ4n) is 6.65. The zero-order chi connectivity index (χ0) is 16.4. The highest BCUT2D eigenvalue weighted by Crippen LogP contribution is 2.69. The lowest BCUT2D eigenvalue weighted by Gasteiger charge is -2.62. The Bertz CT molecular complexity index is 550. The molecule has 0 aromatic rings.